The van der Waals surface area contributed by atoms with E-state index in [4.69, 9.17) is 0 Å². The van der Waals surface area contributed by atoms with Crippen LogP contribution in [0.25, 0.3) is 17.0 Å². The number of alkyl halides is 6. The molecule has 0 aliphatic heterocycles. The minimum absolute atomic E-state index is 0.0451. The molecule has 158 valence electrons. The summed E-state index contributed by atoms with van der Waals surface area (Å²) >= 11 is 0. The van der Waals surface area contributed by atoms with Crippen LogP contribution in [0.5, 0.6) is 0 Å². The Morgan fingerprint density at radius 2 is 1.63 bits per heavy atom. The van der Waals surface area contributed by atoms with Gasteiger partial charge in [-0.25, -0.2) is 0 Å². The molecule has 1 aliphatic carbocycles. The van der Waals surface area contributed by atoms with Crippen molar-refractivity contribution in [2.75, 3.05) is 6.54 Å². The molecule has 1 saturated carbocycles. The molecule has 1 aromatic carbocycles. The van der Waals surface area contributed by atoms with Crippen molar-refractivity contribution in [3.63, 3.8) is 0 Å². The molecule has 1 aliphatic rings. The maximum absolute atomic E-state index is 13.2. The van der Waals surface area contributed by atoms with Gasteiger partial charge in [-0.2, -0.15) is 26.3 Å². The Labute approximate surface area is 165 Å². The minimum Gasteiger partial charge on any atom is -0.352 e. The first-order valence-electron chi connectivity index (χ1n) is 8.95. The van der Waals surface area contributed by atoms with Gasteiger partial charge in [0.2, 0.25) is 0 Å². The molecule has 0 saturated heterocycles. The molecule has 0 spiro atoms. The van der Waals surface area contributed by atoms with Crippen molar-refractivity contribution in [3.8, 4) is 11.4 Å². The van der Waals surface area contributed by atoms with E-state index in [1.54, 1.807) is 0 Å². The van der Waals surface area contributed by atoms with Crippen LogP contribution in [0.15, 0.2) is 36.5 Å². The molecule has 2 aromatic heterocycles. The van der Waals surface area contributed by atoms with Crippen LogP contribution in [0.1, 0.15) is 34.3 Å². The van der Waals surface area contributed by atoms with E-state index in [1.165, 1.54) is 22.7 Å². The zero-order chi connectivity index (χ0) is 21.7. The van der Waals surface area contributed by atoms with Gasteiger partial charge in [0.15, 0.2) is 11.5 Å². The van der Waals surface area contributed by atoms with Crippen molar-refractivity contribution in [1.82, 2.24) is 19.9 Å². The molecular formula is C19H14F6N4O. The highest BCUT2D eigenvalue weighted by atomic mass is 19.4. The Kier molecular flexibility index (Phi) is 4.70. The molecule has 2 heterocycles. The number of aromatic nitrogens is 3. The van der Waals surface area contributed by atoms with Crippen molar-refractivity contribution < 1.29 is 31.1 Å². The second-order valence-corrected chi connectivity index (χ2v) is 7.12. The number of fused-ring (bicyclic) bond motifs is 1. The van der Waals surface area contributed by atoms with Gasteiger partial charge in [0, 0.05) is 18.3 Å². The Morgan fingerprint density at radius 3 is 2.20 bits per heavy atom. The van der Waals surface area contributed by atoms with Crippen molar-refractivity contribution in [1.29, 1.82) is 0 Å². The second-order valence-electron chi connectivity index (χ2n) is 7.12. The van der Waals surface area contributed by atoms with E-state index < -0.39 is 35.0 Å². The number of pyridine rings is 1. The maximum atomic E-state index is 13.2. The number of amides is 1. The van der Waals surface area contributed by atoms with Crippen LogP contribution >= 0.6 is 0 Å². The second kappa shape index (κ2) is 6.99. The van der Waals surface area contributed by atoms with Gasteiger partial charge in [0.1, 0.15) is 0 Å². The van der Waals surface area contributed by atoms with Crippen LogP contribution in [0, 0.1) is 5.92 Å². The molecule has 11 heteroatoms. The molecule has 3 aromatic rings. The standard InChI is InChI=1S/C19H14F6N4O/c20-18(21,22)13-5-12(6-14(7-13)19(23,24)25)16-28-27-15-4-3-11(9-29(15)16)17(30)26-8-10-1-2-10/h3-7,9-10H,1-2,8H2,(H,26,30). The number of hydrogen-bond donors (Lipinski definition) is 1. The quantitative estimate of drug-likeness (QED) is 0.620. The first-order chi connectivity index (χ1) is 14.0. The fourth-order valence-electron chi connectivity index (χ4n) is 2.97. The van der Waals surface area contributed by atoms with Crippen LogP contribution in [0.3, 0.4) is 0 Å². The summed E-state index contributed by atoms with van der Waals surface area (Å²) in [6.07, 6.45) is -6.60. The van der Waals surface area contributed by atoms with Crippen molar-refractivity contribution in [2.45, 2.75) is 25.2 Å². The fourth-order valence-corrected chi connectivity index (χ4v) is 2.97. The third kappa shape index (κ3) is 4.10. The number of carbonyl (C=O) groups is 1. The summed E-state index contributed by atoms with van der Waals surface area (Å²) in [6, 6.07) is 4.07. The summed E-state index contributed by atoms with van der Waals surface area (Å²) in [4.78, 5) is 12.3. The van der Waals surface area contributed by atoms with Crippen LogP contribution in [0.2, 0.25) is 0 Å². The molecule has 0 radical (unpaired) electrons. The average molecular weight is 428 g/mol. The normalized spacial score (nSPS) is 14.9. The number of nitrogens with zero attached hydrogens (tertiary/aromatic N) is 3. The highest BCUT2D eigenvalue weighted by Gasteiger charge is 2.37. The maximum Gasteiger partial charge on any atom is 0.416 e. The van der Waals surface area contributed by atoms with Gasteiger partial charge in [-0.1, -0.05) is 0 Å². The van der Waals surface area contributed by atoms with E-state index in [2.05, 4.69) is 15.5 Å². The lowest BCUT2D eigenvalue weighted by atomic mass is 10.0. The first kappa shape index (κ1) is 20.2. The number of rotatable bonds is 4. The average Bonchev–Trinajstić information content (AvgIpc) is 3.41. The van der Waals surface area contributed by atoms with Crippen LogP contribution in [0.4, 0.5) is 26.3 Å². The summed E-state index contributed by atoms with van der Waals surface area (Å²) < 4.78 is 80.1. The smallest absolute Gasteiger partial charge is 0.352 e. The predicted octanol–water partition coefficient (Wildman–Crippen LogP) is 4.57. The van der Waals surface area contributed by atoms with Gasteiger partial charge in [-0.05, 0) is 49.1 Å². The van der Waals surface area contributed by atoms with E-state index in [-0.39, 0.29) is 23.1 Å². The largest absolute Gasteiger partial charge is 0.416 e. The topological polar surface area (TPSA) is 59.3 Å². The summed E-state index contributed by atoms with van der Waals surface area (Å²) in [5.74, 6) is -0.198. The number of halogens is 6. The summed E-state index contributed by atoms with van der Waals surface area (Å²) in [7, 11) is 0. The van der Waals surface area contributed by atoms with Crippen molar-refractivity contribution in [3.05, 3.63) is 53.2 Å². The molecule has 1 amide bonds. The molecule has 4 rings (SSSR count). The molecule has 0 unspecified atom stereocenters. The zero-order valence-electron chi connectivity index (χ0n) is 15.2. The molecule has 1 N–H and O–H groups in total. The number of carbonyl (C=O) groups excluding carboxylic acids is 1. The number of nitrogens with one attached hydrogen (secondary N) is 1. The minimum atomic E-state index is -4.98. The van der Waals surface area contributed by atoms with E-state index in [0.717, 1.165) is 12.8 Å². The Morgan fingerprint density at radius 1 is 1.00 bits per heavy atom. The van der Waals surface area contributed by atoms with Gasteiger partial charge in [-0.3, -0.25) is 9.20 Å². The SMILES string of the molecule is O=C(NCC1CC1)c1ccc2nnc(-c3cc(C(F)(F)F)cc(C(F)(F)F)c3)n2c1. The van der Waals surface area contributed by atoms with E-state index >= 15 is 0 Å². The van der Waals surface area contributed by atoms with Gasteiger partial charge in [0.05, 0.1) is 16.7 Å². The van der Waals surface area contributed by atoms with E-state index in [0.29, 0.717) is 24.6 Å². The lowest BCUT2D eigenvalue weighted by Crippen LogP contribution is -2.25. The predicted molar refractivity (Wildman–Crippen MR) is 93.5 cm³/mol. The highest BCUT2D eigenvalue weighted by molar-refractivity contribution is 5.94. The molecule has 1 fully saturated rings. The third-order valence-electron chi connectivity index (χ3n) is 4.76. The molecule has 5 nitrogen and oxygen atoms in total. The molecule has 0 atom stereocenters. The summed E-state index contributed by atoms with van der Waals surface area (Å²) in [6.45, 7) is 0.508. The Hall–Kier alpha value is -3.11. The Bertz CT molecular complexity index is 1080. The van der Waals surface area contributed by atoms with Gasteiger partial charge < -0.3 is 5.32 Å². The lowest BCUT2D eigenvalue weighted by Gasteiger charge is -2.13. The van der Waals surface area contributed by atoms with Crippen LogP contribution in [-0.4, -0.2) is 27.0 Å². The third-order valence-corrected chi connectivity index (χ3v) is 4.76. The van der Waals surface area contributed by atoms with Crippen molar-refractivity contribution >= 4 is 11.6 Å². The fraction of sp³-hybridized carbons (Fsp3) is 0.316. The number of hydrogen-bond acceptors (Lipinski definition) is 3. The lowest BCUT2D eigenvalue weighted by molar-refractivity contribution is -0.143. The number of benzene rings is 1. The molecular weight excluding hydrogens is 414 g/mol. The monoisotopic (exact) mass is 428 g/mol. The van der Waals surface area contributed by atoms with Gasteiger partial charge in [-0.15, -0.1) is 10.2 Å². The van der Waals surface area contributed by atoms with Gasteiger partial charge >= 0.3 is 12.4 Å². The van der Waals surface area contributed by atoms with Crippen molar-refractivity contribution in [2.24, 2.45) is 5.92 Å². The van der Waals surface area contributed by atoms with Gasteiger partial charge in [0.25, 0.3) is 5.91 Å². The molecule has 0 bridgehead atoms. The first-order valence-corrected chi connectivity index (χ1v) is 8.95. The molecule has 30 heavy (non-hydrogen) atoms. The zero-order valence-corrected chi connectivity index (χ0v) is 15.2. The summed E-state index contributed by atoms with van der Waals surface area (Å²) in [5, 5.41) is 10.3. The summed E-state index contributed by atoms with van der Waals surface area (Å²) in [5.41, 5.74) is -2.97. The van der Waals surface area contributed by atoms with Crippen LogP contribution < -0.4 is 5.32 Å². The van der Waals surface area contributed by atoms with Crippen LogP contribution in [-0.2, 0) is 12.4 Å². The van der Waals surface area contributed by atoms with E-state index in [9.17, 15) is 31.1 Å². The Balaban J connectivity index is 1.78. The van der Waals surface area contributed by atoms with E-state index in [1.807, 2.05) is 0 Å². The highest BCUT2D eigenvalue weighted by Crippen LogP contribution is 2.38.